The molecule has 1 aliphatic rings. The van der Waals surface area contributed by atoms with Crippen molar-refractivity contribution in [1.82, 2.24) is 20.3 Å². The van der Waals surface area contributed by atoms with E-state index in [1.807, 2.05) is 16.8 Å². The first-order valence-corrected chi connectivity index (χ1v) is 7.04. The van der Waals surface area contributed by atoms with Gasteiger partial charge in [-0.2, -0.15) is 21.4 Å². The van der Waals surface area contributed by atoms with Crippen LogP contribution in [-0.2, 0) is 6.42 Å². The monoisotopic (exact) mass is 273 g/mol. The second-order valence-electron chi connectivity index (χ2n) is 4.39. The molecule has 3 aromatic rings. The summed E-state index contributed by atoms with van der Waals surface area (Å²) >= 11 is 1.61. The number of hydrogen-bond donors (Lipinski definition) is 2. The zero-order valence-electron chi connectivity index (χ0n) is 10.0. The van der Waals surface area contributed by atoms with Crippen LogP contribution in [0.3, 0.4) is 0 Å². The molecule has 7 heteroatoms. The lowest BCUT2D eigenvalue weighted by Gasteiger charge is -2.11. The van der Waals surface area contributed by atoms with Crippen LogP contribution in [0.15, 0.2) is 21.3 Å². The lowest BCUT2D eigenvalue weighted by Crippen LogP contribution is -2.10. The molecule has 0 radical (unpaired) electrons. The van der Waals surface area contributed by atoms with Gasteiger partial charge in [0.2, 0.25) is 5.82 Å². The first-order chi connectivity index (χ1) is 9.42. The quantitative estimate of drug-likeness (QED) is 0.750. The highest BCUT2D eigenvalue weighted by atomic mass is 32.1. The average Bonchev–Trinajstić information content (AvgIpc) is 3.18. The van der Waals surface area contributed by atoms with Gasteiger partial charge >= 0.3 is 0 Å². The Kier molecular flexibility index (Phi) is 2.37. The molecule has 1 aliphatic heterocycles. The maximum absolute atomic E-state index is 5.34. The van der Waals surface area contributed by atoms with Gasteiger partial charge < -0.3 is 9.84 Å². The molecule has 0 unspecified atom stereocenters. The van der Waals surface area contributed by atoms with E-state index < -0.39 is 0 Å². The molecule has 0 saturated heterocycles. The van der Waals surface area contributed by atoms with Gasteiger partial charge in [0.1, 0.15) is 5.69 Å². The molecule has 6 nitrogen and oxygen atoms in total. The standard InChI is InChI=1S/C12H11N5OS/c1-2-8-9(15-16-11(8)13-4-1)12-14-10(17-18-12)7-3-5-19-6-7/h3,5-6H,1-2,4H2,(H2,13,15,16). The van der Waals surface area contributed by atoms with Gasteiger partial charge in [0.15, 0.2) is 5.82 Å². The summed E-state index contributed by atoms with van der Waals surface area (Å²) in [6.45, 7) is 0.960. The van der Waals surface area contributed by atoms with Crippen molar-refractivity contribution < 1.29 is 4.52 Å². The normalized spacial score (nSPS) is 14.1. The van der Waals surface area contributed by atoms with Gasteiger partial charge in [-0.15, -0.1) is 0 Å². The van der Waals surface area contributed by atoms with Gasteiger partial charge in [-0.05, 0) is 24.3 Å². The maximum Gasteiger partial charge on any atom is 0.276 e. The zero-order chi connectivity index (χ0) is 12.7. The highest BCUT2D eigenvalue weighted by Gasteiger charge is 2.22. The van der Waals surface area contributed by atoms with Crippen molar-refractivity contribution in [3.8, 4) is 23.0 Å². The van der Waals surface area contributed by atoms with Gasteiger partial charge in [-0.1, -0.05) is 5.16 Å². The Morgan fingerprint density at radius 3 is 3.26 bits per heavy atom. The molecule has 3 aromatic heterocycles. The number of anilines is 1. The molecular weight excluding hydrogens is 262 g/mol. The van der Waals surface area contributed by atoms with Crippen molar-refractivity contribution in [2.75, 3.05) is 11.9 Å². The summed E-state index contributed by atoms with van der Waals surface area (Å²) in [7, 11) is 0. The summed E-state index contributed by atoms with van der Waals surface area (Å²) in [4.78, 5) is 4.43. The number of rotatable bonds is 2. The Balaban J connectivity index is 1.75. The maximum atomic E-state index is 5.34. The summed E-state index contributed by atoms with van der Waals surface area (Å²) in [5.41, 5.74) is 2.94. The molecule has 0 saturated carbocycles. The van der Waals surface area contributed by atoms with Crippen LogP contribution < -0.4 is 5.32 Å². The van der Waals surface area contributed by atoms with Gasteiger partial charge in [-0.3, -0.25) is 5.10 Å². The van der Waals surface area contributed by atoms with E-state index in [4.69, 9.17) is 4.52 Å². The van der Waals surface area contributed by atoms with Crippen LogP contribution >= 0.6 is 11.3 Å². The summed E-state index contributed by atoms with van der Waals surface area (Å²) in [5.74, 6) is 2.01. The second-order valence-corrected chi connectivity index (χ2v) is 5.17. The number of fused-ring (bicyclic) bond motifs is 1. The summed E-state index contributed by atoms with van der Waals surface area (Å²) in [5, 5.41) is 18.5. The zero-order valence-corrected chi connectivity index (χ0v) is 10.8. The van der Waals surface area contributed by atoms with E-state index in [9.17, 15) is 0 Å². The van der Waals surface area contributed by atoms with Crippen molar-refractivity contribution in [3.05, 3.63) is 22.4 Å². The van der Waals surface area contributed by atoms with Crippen molar-refractivity contribution in [2.45, 2.75) is 12.8 Å². The highest BCUT2D eigenvalue weighted by Crippen LogP contribution is 2.30. The molecule has 4 heterocycles. The Morgan fingerprint density at radius 1 is 1.37 bits per heavy atom. The predicted molar refractivity (Wildman–Crippen MR) is 72.0 cm³/mol. The molecule has 0 bridgehead atoms. The van der Waals surface area contributed by atoms with Crippen LogP contribution in [0.1, 0.15) is 12.0 Å². The first-order valence-electron chi connectivity index (χ1n) is 6.09. The molecule has 4 rings (SSSR count). The molecule has 0 spiro atoms. The number of thiophene rings is 1. The fourth-order valence-electron chi connectivity index (χ4n) is 2.24. The SMILES string of the molecule is c1cc(-c2noc(-c3[nH]nc4c3CCCN4)n2)cs1. The smallest absolute Gasteiger partial charge is 0.276 e. The third kappa shape index (κ3) is 1.74. The van der Waals surface area contributed by atoms with Crippen LogP contribution in [0.2, 0.25) is 0 Å². The molecule has 0 fully saturated rings. The fraction of sp³-hybridized carbons (Fsp3) is 0.250. The van der Waals surface area contributed by atoms with Gasteiger partial charge in [0.05, 0.1) is 0 Å². The summed E-state index contributed by atoms with van der Waals surface area (Å²) in [6.07, 6.45) is 2.06. The topological polar surface area (TPSA) is 79.6 Å². The third-order valence-electron chi connectivity index (χ3n) is 3.18. The second kappa shape index (κ2) is 4.20. The summed E-state index contributed by atoms with van der Waals surface area (Å²) < 4.78 is 5.34. The first kappa shape index (κ1) is 10.7. The molecule has 0 amide bonds. The average molecular weight is 273 g/mol. The van der Waals surface area contributed by atoms with E-state index in [2.05, 4.69) is 25.7 Å². The Labute approximate surface area is 112 Å². The van der Waals surface area contributed by atoms with Crippen LogP contribution in [0.5, 0.6) is 0 Å². The van der Waals surface area contributed by atoms with Crippen LogP contribution in [0, 0.1) is 0 Å². The van der Waals surface area contributed by atoms with Crippen molar-refractivity contribution >= 4 is 17.2 Å². The lowest BCUT2D eigenvalue weighted by atomic mass is 10.1. The molecule has 0 aliphatic carbocycles. The van der Waals surface area contributed by atoms with Crippen LogP contribution in [0.25, 0.3) is 23.0 Å². The minimum absolute atomic E-state index is 0.499. The Morgan fingerprint density at radius 2 is 2.37 bits per heavy atom. The third-order valence-corrected chi connectivity index (χ3v) is 3.87. The number of nitrogens with zero attached hydrogens (tertiary/aromatic N) is 3. The van der Waals surface area contributed by atoms with Gasteiger partial charge in [-0.25, -0.2) is 0 Å². The lowest BCUT2D eigenvalue weighted by molar-refractivity contribution is 0.430. The fourth-order valence-corrected chi connectivity index (χ4v) is 2.87. The van der Waals surface area contributed by atoms with E-state index in [0.717, 1.165) is 42.0 Å². The number of aromatic nitrogens is 4. The Hall–Kier alpha value is -2.15. The number of nitrogens with one attached hydrogen (secondary N) is 2. The largest absolute Gasteiger partial charge is 0.368 e. The summed E-state index contributed by atoms with van der Waals surface area (Å²) in [6, 6.07) is 1.98. The number of hydrogen-bond acceptors (Lipinski definition) is 6. The molecule has 2 N–H and O–H groups in total. The van der Waals surface area contributed by atoms with Crippen molar-refractivity contribution in [1.29, 1.82) is 0 Å². The molecular formula is C12H11N5OS. The minimum Gasteiger partial charge on any atom is -0.368 e. The van der Waals surface area contributed by atoms with Crippen LogP contribution in [-0.4, -0.2) is 26.9 Å². The Bertz CT molecular complexity index is 700. The van der Waals surface area contributed by atoms with Crippen LogP contribution in [0.4, 0.5) is 5.82 Å². The molecule has 0 atom stereocenters. The van der Waals surface area contributed by atoms with E-state index in [1.165, 1.54) is 0 Å². The van der Waals surface area contributed by atoms with E-state index in [0.29, 0.717) is 11.7 Å². The van der Waals surface area contributed by atoms with Gasteiger partial charge in [0.25, 0.3) is 5.89 Å². The van der Waals surface area contributed by atoms with E-state index >= 15 is 0 Å². The predicted octanol–water partition coefficient (Wildman–Crippen LogP) is 2.55. The van der Waals surface area contributed by atoms with Gasteiger partial charge in [0, 0.05) is 23.1 Å². The van der Waals surface area contributed by atoms with E-state index in [1.54, 1.807) is 11.3 Å². The minimum atomic E-state index is 0.499. The highest BCUT2D eigenvalue weighted by molar-refractivity contribution is 7.08. The number of H-pyrrole nitrogens is 1. The molecule has 96 valence electrons. The molecule has 19 heavy (non-hydrogen) atoms. The van der Waals surface area contributed by atoms with Crippen molar-refractivity contribution in [3.63, 3.8) is 0 Å². The van der Waals surface area contributed by atoms with E-state index in [-0.39, 0.29) is 0 Å². The number of aromatic amines is 1. The van der Waals surface area contributed by atoms with Crippen molar-refractivity contribution in [2.24, 2.45) is 0 Å². The molecule has 0 aromatic carbocycles.